The van der Waals surface area contributed by atoms with Crippen LogP contribution in [0, 0.1) is 11.8 Å². The SMILES string of the molecule is CCCn1ncc(Br)c1C(NCC)C1CCC(CC)C1. The number of rotatable bonds is 7. The number of nitrogens with one attached hydrogen (secondary N) is 1. The van der Waals surface area contributed by atoms with Crippen molar-refractivity contribution in [3.05, 3.63) is 16.4 Å². The fourth-order valence-corrected chi connectivity index (χ4v) is 4.11. The van der Waals surface area contributed by atoms with Crippen molar-refractivity contribution in [2.45, 2.75) is 65.5 Å². The van der Waals surface area contributed by atoms with Crippen molar-refractivity contribution in [1.29, 1.82) is 0 Å². The van der Waals surface area contributed by atoms with E-state index in [0.29, 0.717) is 6.04 Å². The number of aromatic nitrogens is 2. The molecule has 1 heterocycles. The van der Waals surface area contributed by atoms with Gasteiger partial charge in [0.05, 0.1) is 22.4 Å². The standard InChI is InChI=1S/C16H28BrN3/c1-4-9-20-16(14(17)11-19-20)15(18-6-3)13-8-7-12(5-2)10-13/h11-13,15,18H,4-10H2,1-3H3. The van der Waals surface area contributed by atoms with E-state index in [-0.39, 0.29) is 0 Å². The van der Waals surface area contributed by atoms with Crippen molar-refractivity contribution in [2.24, 2.45) is 11.8 Å². The van der Waals surface area contributed by atoms with Gasteiger partial charge in [0.15, 0.2) is 0 Å². The average molecular weight is 342 g/mol. The second-order valence-corrected chi connectivity index (χ2v) is 6.84. The van der Waals surface area contributed by atoms with E-state index in [0.717, 1.165) is 35.8 Å². The third-order valence-electron chi connectivity index (χ3n) is 4.62. The van der Waals surface area contributed by atoms with Crippen LogP contribution < -0.4 is 5.32 Å². The molecule has 0 radical (unpaired) electrons. The Morgan fingerprint density at radius 2 is 2.20 bits per heavy atom. The van der Waals surface area contributed by atoms with Crippen molar-refractivity contribution in [3.8, 4) is 0 Å². The zero-order chi connectivity index (χ0) is 14.5. The molecule has 20 heavy (non-hydrogen) atoms. The summed E-state index contributed by atoms with van der Waals surface area (Å²) in [5, 5.41) is 8.27. The molecular weight excluding hydrogens is 314 g/mol. The van der Waals surface area contributed by atoms with Gasteiger partial charge in [0.25, 0.3) is 0 Å². The van der Waals surface area contributed by atoms with Crippen LogP contribution in [0.1, 0.15) is 64.6 Å². The van der Waals surface area contributed by atoms with Crippen LogP contribution in [0.25, 0.3) is 0 Å². The highest BCUT2D eigenvalue weighted by Crippen LogP contribution is 2.41. The summed E-state index contributed by atoms with van der Waals surface area (Å²) in [7, 11) is 0. The summed E-state index contributed by atoms with van der Waals surface area (Å²) in [4.78, 5) is 0. The predicted molar refractivity (Wildman–Crippen MR) is 87.8 cm³/mol. The van der Waals surface area contributed by atoms with Gasteiger partial charge in [-0.3, -0.25) is 4.68 Å². The van der Waals surface area contributed by atoms with Crippen LogP contribution in [0.15, 0.2) is 10.7 Å². The minimum absolute atomic E-state index is 0.444. The third-order valence-corrected chi connectivity index (χ3v) is 5.23. The zero-order valence-corrected chi connectivity index (χ0v) is 14.6. The second kappa shape index (κ2) is 7.60. The molecule has 0 bridgehead atoms. The van der Waals surface area contributed by atoms with Gasteiger partial charge in [-0.05, 0) is 53.6 Å². The summed E-state index contributed by atoms with van der Waals surface area (Å²) in [5.41, 5.74) is 1.36. The number of hydrogen-bond donors (Lipinski definition) is 1. The fraction of sp³-hybridized carbons (Fsp3) is 0.812. The van der Waals surface area contributed by atoms with Crippen LogP contribution in [0.5, 0.6) is 0 Å². The number of halogens is 1. The summed E-state index contributed by atoms with van der Waals surface area (Å²) in [6.45, 7) is 8.76. The summed E-state index contributed by atoms with van der Waals surface area (Å²) in [6, 6.07) is 0.444. The molecule has 0 amide bonds. The Morgan fingerprint density at radius 1 is 1.40 bits per heavy atom. The van der Waals surface area contributed by atoms with E-state index >= 15 is 0 Å². The summed E-state index contributed by atoms with van der Waals surface area (Å²) in [5.74, 6) is 1.67. The summed E-state index contributed by atoms with van der Waals surface area (Å²) < 4.78 is 3.35. The first kappa shape index (κ1) is 16.0. The first-order chi connectivity index (χ1) is 9.71. The van der Waals surface area contributed by atoms with E-state index in [1.165, 1.54) is 31.4 Å². The number of aryl methyl sites for hydroxylation is 1. The van der Waals surface area contributed by atoms with Crippen molar-refractivity contribution in [3.63, 3.8) is 0 Å². The minimum atomic E-state index is 0.444. The predicted octanol–water partition coefficient (Wildman–Crippen LogP) is 4.53. The van der Waals surface area contributed by atoms with Gasteiger partial charge >= 0.3 is 0 Å². The molecule has 114 valence electrons. The lowest BCUT2D eigenvalue weighted by atomic mass is 9.93. The fourth-order valence-electron chi connectivity index (χ4n) is 3.56. The molecule has 1 saturated carbocycles. The molecule has 2 rings (SSSR count). The first-order valence-electron chi connectivity index (χ1n) is 8.15. The molecule has 0 saturated heterocycles. The molecule has 4 heteroatoms. The van der Waals surface area contributed by atoms with E-state index in [1.54, 1.807) is 0 Å². The van der Waals surface area contributed by atoms with Crippen LogP contribution in [0.3, 0.4) is 0 Å². The Bertz CT molecular complexity index is 416. The van der Waals surface area contributed by atoms with Crippen LogP contribution in [0.4, 0.5) is 0 Å². The Kier molecular flexibility index (Phi) is 6.09. The quantitative estimate of drug-likeness (QED) is 0.789. The van der Waals surface area contributed by atoms with Crippen molar-refractivity contribution in [2.75, 3.05) is 6.54 Å². The highest BCUT2D eigenvalue weighted by molar-refractivity contribution is 9.10. The molecule has 3 nitrogen and oxygen atoms in total. The van der Waals surface area contributed by atoms with Crippen LogP contribution in [-0.2, 0) is 6.54 Å². The lowest BCUT2D eigenvalue weighted by Crippen LogP contribution is -2.30. The van der Waals surface area contributed by atoms with Gasteiger partial charge < -0.3 is 5.32 Å². The first-order valence-corrected chi connectivity index (χ1v) is 8.95. The Balaban J connectivity index is 2.22. The van der Waals surface area contributed by atoms with Gasteiger partial charge in [-0.15, -0.1) is 0 Å². The van der Waals surface area contributed by atoms with E-state index < -0.39 is 0 Å². The number of hydrogen-bond acceptors (Lipinski definition) is 2. The minimum Gasteiger partial charge on any atom is -0.309 e. The lowest BCUT2D eigenvalue weighted by Gasteiger charge is -2.26. The molecule has 0 aromatic carbocycles. The molecule has 3 atom stereocenters. The van der Waals surface area contributed by atoms with Gasteiger partial charge in [-0.25, -0.2) is 0 Å². The molecule has 3 unspecified atom stereocenters. The second-order valence-electron chi connectivity index (χ2n) is 5.98. The van der Waals surface area contributed by atoms with Gasteiger partial charge in [-0.1, -0.05) is 33.6 Å². The zero-order valence-electron chi connectivity index (χ0n) is 13.0. The maximum absolute atomic E-state index is 4.55. The monoisotopic (exact) mass is 341 g/mol. The van der Waals surface area contributed by atoms with Gasteiger partial charge in [-0.2, -0.15) is 5.10 Å². The van der Waals surface area contributed by atoms with Crippen molar-refractivity contribution < 1.29 is 0 Å². The van der Waals surface area contributed by atoms with Crippen LogP contribution >= 0.6 is 15.9 Å². The maximum Gasteiger partial charge on any atom is 0.0698 e. The van der Waals surface area contributed by atoms with Gasteiger partial charge in [0.1, 0.15) is 0 Å². The Morgan fingerprint density at radius 3 is 2.80 bits per heavy atom. The molecule has 1 aliphatic carbocycles. The van der Waals surface area contributed by atoms with E-state index in [4.69, 9.17) is 0 Å². The van der Waals surface area contributed by atoms with Gasteiger partial charge in [0, 0.05) is 6.54 Å². The molecule has 1 aromatic rings. The Labute approximate surface area is 131 Å². The van der Waals surface area contributed by atoms with E-state index in [2.05, 4.69) is 51.8 Å². The largest absolute Gasteiger partial charge is 0.309 e. The maximum atomic E-state index is 4.55. The molecular formula is C16H28BrN3. The lowest BCUT2D eigenvalue weighted by molar-refractivity contribution is 0.337. The van der Waals surface area contributed by atoms with Crippen LogP contribution in [0.2, 0.25) is 0 Å². The molecule has 1 N–H and O–H groups in total. The third kappa shape index (κ3) is 3.45. The highest BCUT2D eigenvalue weighted by atomic mass is 79.9. The Hall–Kier alpha value is -0.350. The number of nitrogens with zero attached hydrogens (tertiary/aromatic N) is 2. The van der Waals surface area contributed by atoms with E-state index in [1.807, 2.05) is 6.20 Å². The van der Waals surface area contributed by atoms with Crippen LogP contribution in [-0.4, -0.2) is 16.3 Å². The molecule has 0 aliphatic heterocycles. The smallest absolute Gasteiger partial charge is 0.0698 e. The highest BCUT2D eigenvalue weighted by Gasteiger charge is 2.33. The molecule has 1 fully saturated rings. The molecule has 1 aromatic heterocycles. The van der Waals surface area contributed by atoms with Crippen molar-refractivity contribution in [1.82, 2.24) is 15.1 Å². The normalized spacial score (nSPS) is 24.2. The summed E-state index contributed by atoms with van der Waals surface area (Å²) in [6.07, 6.45) is 8.51. The summed E-state index contributed by atoms with van der Waals surface area (Å²) >= 11 is 3.71. The topological polar surface area (TPSA) is 29.9 Å². The van der Waals surface area contributed by atoms with Gasteiger partial charge in [0.2, 0.25) is 0 Å². The molecule has 1 aliphatic rings. The van der Waals surface area contributed by atoms with Crippen molar-refractivity contribution >= 4 is 15.9 Å². The van der Waals surface area contributed by atoms with E-state index in [9.17, 15) is 0 Å². The molecule has 0 spiro atoms. The average Bonchev–Trinajstić information content (AvgIpc) is 3.05.